The van der Waals surface area contributed by atoms with E-state index in [9.17, 15) is 9.90 Å². The fraction of sp³-hybridized carbons (Fsp3) is 0.389. The number of fused-ring (bicyclic) bond motifs is 1. The Morgan fingerprint density at radius 3 is 3.04 bits per heavy atom. The van der Waals surface area contributed by atoms with Gasteiger partial charge in [0.05, 0.1) is 24.0 Å². The molecule has 130 valence electrons. The molecule has 2 N–H and O–H groups in total. The molecule has 1 aliphatic rings. The van der Waals surface area contributed by atoms with E-state index in [-0.39, 0.29) is 11.9 Å². The van der Waals surface area contributed by atoms with Gasteiger partial charge in [-0.2, -0.15) is 5.10 Å². The Balaban J connectivity index is 1.43. The first-order chi connectivity index (χ1) is 12.1. The third-order valence-electron chi connectivity index (χ3n) is 4.92. The number of imidazole rings is 1. The molecule has 0 spiro atoms. The van der Waals surface area contributed by atoms with Gasteiger partial charge in [0.15, 0.2) is 5.69 Å². The van der Waals surface area contributed by atoms with Gasteiger partial charge in [-0.1, -0.05) is 6.07 Å². The van der Waals surface area contributed by atoms with Crippen LogP contribution in [0.15, 0.2) is 43.1 Å². The van der Waals surface area contributed by atoms with Crippen molar-refractivity contribution in [1.82, 2.24) is 24.5 Å². The molecular weight excluding hydrogens is 318 g/mol. The number of pyridine rings is 1. The predicted octanol–water partition coefficient (Wildman–Crippen LogP) is 1.41. The van der Waals surface area contributed by atoms with Gasteiger partial charge in [-0.15, -0.1) is 0 Å². The third-order valence-corrected chi connectivity index (χ3v) is 4.92. The molecule has 1 aliphatic carbocycles. The van der Waals surface area contributed by atoms with Crippen LogP contribution in [0.25, 0.3) is 5.52 Å². The fourth-order valence-electron chi connectivity index (χ4n) is 3.63. The second kappa shape index (κ2) is 6.33. The summed E-state index contributed by atoms with van der Waals surface area (Å²) in [7, 11) is 0. The van der Waals surface area contributed by atoms with Crippen LogP contribution in [-0.4, -0.2) is 42.3 Å². The van der Waals surface area contributed by atoms with Crippen molar-refractivity contribution in [1.29, 1.82) is 0 Å². The monoisotopic (exact) mass is 339 g/mol. The van der Waals surface area contributed by atoms with E-state index in [0.29, 0.717) is 18.0 Å². The van der Waals surface area contributed by atoms with Gasteiger partial charge in [-0.25, -0.2) is 9.50 Å². The number of carbonyl (C=O) groups is 1. The molecule has 1 unspecified atom stereocenters. The lowest BCUT2D eigenvalue weighted by molar-refractivity contribution is 0.0867. The number of aliphatic hydroxyl groups excluding tert-OH is 1. The van der Waals surface area contributed by atoms with Gasteiger partial charge >= 0.3 is 0 Å². The first-order valence-corrected chi connectivity index (χ1v) is 8.50. The maximum atomic E-state index is 12.5. The highest BCUT2D eigenvalue weighted by Crippen LogP contribution is 2.28. The lowest BCUT2D eigenvalue weighted by Crippen LogP contribution is -2.40. The van der Waals surface area contributed by atoms with Crippen LogP contribution in [0, 0.1) is 12.8 Å². The van der Waals surface area contributed by atoms with Crippen molar-refractivity contribution in [2.75, 3.05) is 0 Å². The number of nitrogens with zero attached hydrogens (tertiary/aromatic N) is 4. The molecule has 0 saturated heterocycles. The van der Waals surface area contributed by atoms with Gasteiger partial charge in [0.2, 0.25) is 0 Å². The summed E-state index contributed by atoms with van der Waals surface area (Å²) in [4.78, 5) is 16.6. The van der Waals surface area contributed by atoms with Crippen molar-refractivity contribution < 1.29 is 9.90 Å². The zero-order valence-electron chi connectivity index (χ0n) is 14.0. The second-order valence-electron chi connectivity index (χ2n) is 6.79. The van der Waals surface area contributed by atoms with Gasteiger partial charge in [-0.05, 0) is 43.4 Å². The van der Waals surface area contributed by atoms with Crippen LogP contribution in [0.5, 0.6) is 0 Å². The summed E-state index contributed by atoms with van der Waals surface area (Å²) in [6.07, 6.45) is 8.15. The average molecular weight is 339 g/mol. The Kier molecular flexibility index (Phi) is 4.01. The van der Waals surface area contributed by atoms with Crippen molar-refractivity contribution in [2.24, 2.45) is 5.92 Å². The topological polar surface area (TPSA) is 84.5 Å². The smallest absolute Gasteiger partial charge is 0.272 e. The standard InChI is InChI=1S/C18H21N5O2/c1-12-3-2-5-23-16(12)9-15(21-23)18(25)20-14-7-13(8-17(14)24)10-22-6-4-19-11-22/h2-6,9,11,13-14,17,24H,7-8,10H2,1H3,(H,20,25)/t13?,14-,17-/m1/s1. The minimum absolute atomic E-state index is 0.240. The number of aryl methyl sites for hydroxylation is 1. The fourth-order valence-corrected chi connectivity index (χ4v) is 3.63. The molecule has 1 saturated carbocycles. The number of aliphatic hydroxyl groups is 1. The molecule has 3 aromatic heterocycles. The Bertz CT molecular complexity index is 886. The van der Waals surface area contributed by atoms with Crippen molar-refractivity contribution in [3.8, 4) is 0 Å². The first kappa shape index (κ1) is 15.8. The number of aromatic nitrogens is 4. The lowest BCUT2D eigenvalue weighted by Gasteiger charge is -2.15. The van der Waals surface area contributed by atoms with Crippen LogP contribution in [0.3, 0.4) is 0 Å². The summed E-state index contributed by atoms with van der Waals surface area (Å²) in [5.41, 5.74) is 2.35. The molecule has 25 heavy (non-hydrogen) atoms. The molecule has 1 fully saturated rings. The maximum absolute atomic E-state index is 12.5. The summed E-state index contributed by atoms with van der Waals surface area (Å²) >= 11 is 0. The Hall–Kier alpha value is -2.67. The Morgan fingerprint density at radius 2 is 2.28 bits per heavy atom. The molecule has 1 amide bonds. The highest BCUT2D eigenvalue weighted by Gasteiger charge is 2.34. The summed E-state index contributed by atoms with van der Waals surface area (Å²) in [6.45, 7) is 2.79. The van der Waals surface area contributed by atoms with Crippen molar-refractivity contribution in [3.63, 3.8) is 0 Å². The van der Waals surface area contributed by atoms with Crippen molar-refractivity contribution >= 4 is 11.4 Å². The maximum Gasteiger partial charge on any atom is 0.272 e. The van der Waals surface area contributed by atoms with Crippen LogP contribution < -0.4 is 5.32 Å². The van der Waals surface area contributed by atoms with Gasteiger partial charge in [-0.3, -0.25) is 4.79 Å². The SMILES string of the molecule is Cc1cccn2nc(C(=O)N[C@@H]3CC(Cn4ccnc4)C[C@H]3O)cc12. The first-order valence-electron chi connectivity index (χ1n) is 8.50. The minimum atomic E-state index is -0.531. The number of hydrogen-bond acceptors (Lipinski definition) is 4. The summed E-state index contributed by atoms with van der Waals surface area (Å²) in [6, 6.07) is 5.43. The molecule has 7 nitrogen and oxygen atoms in total. The van der Waals surface area contributed by atoms with Crippen LogP contribution >= 0.6 is 0 Å². The van der Waals surface area contributed by atoms with Gasteiger partial charge < -0.3 is 15.0 Å². The largest absolute Gasteiger partial charge is 0.391 e. The van der Waals surface area contributed by atoms with Crippen LogP contribution in [0.2, 0.25) is 0 Å². The van der Waals surface area contributed by atoms with E-state index in [1.807, 2.05) is 36.0 Å². The van der Waals surface area contributed by atoms with E-state index in [4.69, 9.17) is 0 Å². The van der Waals surface area contributed by atoms with E-state index in [0.717, 1.165) is 24.0 Å². The van der Waals surface area contributed by atoms with E-state index in [2.05, 4.69) is 15.4 Å². The molecule has 0 bridgehead atoms. The molecule has 3 aromatic rings. The summed E-state index contributed by atoms with van der Waals surface area (Å²) < 4.78 is 3.71. The Labute approximate surface area is 145 Å². The molecule has 0 radical (unpaired) electrons. The van der Waals surface area contributed by atoms with Crippen molar-refractivity contribution in [3.05, 3.63) is 54.4 Å². The van der Waals surface area contributed by atoms with E-state index < -0.39 is 6.10 Å². The number of hydrogen-bond donors (Lipinski definition) is 2. The Morgan fingerprint density at radius 1 is 1.40 bits per heavy atom. The quantitative estimate of drug-likeness (QED) is 0.753. The molecular formula is C18H21N5O2. The summed E-state index contributed by atoms with van der Waals surface area (Å²) in [5.74, 6) is 0.0771. The zero-order chi connectivity index (χ0) is 17.4. The normalized spacial score (nSPS) is 23.2. The molecule has 4 rings (SSSR count). The van der Waals surface area contributed by atoms with Crippen LogP contribution in [0.4, 0.5) is 0 Å². The molecule has 7 heteroatoms. The van der Waals surface area contributed by atoms with E-state index >= 15 is 0 Å². The third kappa shape index (κ3) is 3.15. The lowest BCUT2D eigenvalue weighted by atomic mass is 10.1. The molecule has 3 heterocycles. The van der Waals surface area contributed by atoms with Gasteiger partial charge in [0.1, 0.15) is 0 Å². The highest BCUT2D eigenvalue weighted by molar-refractivity contribution is 5.94. The van der Waals surface area contributed by atoms with Crippen LogP contribution in [0.1, 0.15) is 28.9 Å². The average Bonchev–Trinajstić information content (AvgIpc) is 3.29. The number of nitrogens with one attached hydrogen (secondary N) is 1. The number of rotatable bonds is 4. The number of amides is 1. The van der Waals surface area contributed by atoms with E-state index in [1.165, 1.54) is 0 Å². The second-order valence-corrected chi connectivity index (χ2v) is 6.79. The van der Waals surface area contributed by atoms with Crippen LogP contribution in [-0.2, 0) is 6.54 Å². The van der Waals surface area contributed by atoms with Gasteiger partial charge in [0.25, 0.3) is 5.91 Å². The van der Waals surface area contributed by atoms with Crippen molar-refractivity contribution in [2.45, 2.75) is 38.5 Å². The predicted molar refractivity (Wildman–Crippen MR) is 92.1 cm³/mol. The minimum Gasteiger partial charge on any atom is -0.391 e. The molecule has 0 aliphatic heterocycles. The number of carbonyl (C=O) groups excluding carboxylic acids is 1. The van der Waals surface area contributed by atoms with Gasteiger partial charge in [0, 0.05) is 25.1 Å². The highest BCUT2D eigenvalue weighted by atomic mass is 16.3. The molecule has 3 atom stereocenters. The zero-order valence-corrected chi connectivity index (χ0v) is 14.0. The molecule has 0 aromatic carbocycles. The summed E-state index contributed by atoms with van der Waals surface area (Å²) in [5, 5.41) is 17.6. The van der Waals surface area contributed by atoms with E-state index in [1.54, 1.807) is 23.1 Å².